The van der Waals surface area contributed by atoms with Gasteiger partial charge in [-0.2, -0.15) is 0 Å². The van der Waals surface area contributed by atoms with Gasteiger partial charge in [-0.15, -0.1) is 0 Å². The Kier molecular flexibility index (Phi) is 4.91. The normalized spacial score (nSPS) is 14.4. The Bertz CT molecular complexity index is 710. The van der Waals surface area contributed by atoms with Gasteiger partial charge in [0, 0.05) is 12.2 Å². The van der Waals surface area contributed by atoms with Crippen molar-refractivity contribution in [2.24, 2.45) is 10.7 Å². The van der Waals surface area contributed by atoms with E-state index in [1.165, 1.54) is 36.1 Å². The SMILES string of the molecule is NC(=NCCc1cccc(F)c1)Nc1cccc2c1CCCC2. The Morgan fingerprint density at radius 3 is 2.83 bits per heavy atom. The van der Waals surface area contributed by atoms with Crippen LogP contribution < -0.4 is 11.1 Å². The van der Waals surface area contributed by atoms with E-state index in [0.717, 1.165) is 24.1 Å². The van der Waals surface area contributed by atoms with Gasteiger partial charge in [-0.1, -0.05) is 24.3 Å². The third kappa shape index (κ3) is 4.09. The molecule has 3 nitrogen and oxygen atoms in total. The molecule has 0 heterocycles. The molecule has 0 aromatic heterocycles. The van der Waals surface area contributed by atoms with Crippen LogP contribution in [0.1, 0.15) is 29.5 Å². The summed E-state index contributed by atoms with van der Waals surface area (Å²) < 4.78 is 13.1. The maximum Gasteiger partial charge on any atom is 0.193 e. The number of halogens is 1. The van der Waals surface area contributed by atoms with Gasteiger partial charge in [0.1, 0.15) is 5.82 Å². The fraction of sp³-hybridized carbons (Fsp3) is 0.316. The predicted octanol–water partition coefficient (Wildman–Crippen LogP) is 3.67. The molecule has 3 rings (SSSR count). The minimum atomic E-state index is -0.214. The molecule has 0 spiro atoms. The first-order valence-electron chi connectivity index (χ1n) is 8.14. The van der Waals surface area contributed by atoms with Crippen molar-refractivity contribution < 1.29 is 4.39 Å². The third-order valence-electron chi connectivity index (χ3n) is 4.23. The third-order valence-corrected chi connectivity index (χ3v) is 4.23. The summed E-state index contributed by atoms with van der Waals surface area (Å²) in [6, 6.07) is 12.9. The van der Waals surface area contributed by atoms with E-state index in [9.17, 15) is 4.39 Å². The van der Waals surface area contributed by atoms with Gasteiger partial charge in [0.25, 0.3) is 0 Å². The quantitative estimate of drug-likeness (QED) is 0.668. The highest BCUT2D eigenvalue weighted by Crippen LogP contribution is 2.27. The Morgan fingerprint density at radius 2 is 1.96 bits per heavy atom. The van der Waals surface area contributed by atoms with Crippen molar-refractivity contribution in [3.8, 4) is 0 Å². The lowest BCUT2D eigenvalue weighted by molar-refractivity contribution is 0.625. The van der Waals surface area contributed by atoms with Gasteiger partial charge in [-0.3, -0.25) is 4.99 Å². The number of rotatable bonds is 4. The van der Waals surface area contributed by atoms with E-state index in [-0.39, 0.29) is 5.82 Å². The molecule has 4 heteroatoms. The number of nitrogens with one attached hydrogen (secondary N) is 1. The maximum absolute atomic E-state index is 13.1. The number of fused-ring (bicyclic) bond motifs is 1. The highest BCUT2D eigenvalue weighted by molar-refractivity contribution is 5.93. The zero-order valence-corrected chi connectivity index (χ0v) is 13.2. The first-order valence-corrected chi connectivity index (χ1v) is 8.14. The Labute approximate surface area is 136 Å². The van der Waals surface area contributed by atoms with Crippen molar-refractivity contribution in [3.05, 3.63) is 65.0 Å². The molecule has 3 N–H and O–H groups in total. The molecule has 0 amide bonds. The number of guanidine groups is 1. The number of hydrogen-bond acceptors (Lipinski definition) is 1. The van der Waals surface area contributed by atoms with Gasteiger partial charge < -0.3 is 11.1 Å². The van der Waals surface area contributed by atoms with Crippen LogP contribution in [0.4, 0.5) is 10.1 Å². The number of hydrogen-bond donors (Lipinski definition) is 2. The smallest absolute Gasteiger partial charge is 0.193 e. The summed E-state index contributed by atoms with van der Waals surface area (Å²) >= 11 is 0. The minimum Gasteiger partial charge on any atom is -0.370 e. The molecule has 23 heavy (non-hydrogen) atoms. The summed E-state index contributed by atoms with van der Waals surface area (Å²) in [5, 5.41) is 3.22. The van der Waals surface area contributed by atoms with Crippen molar-refractivity contribution in [1.82, 2.24) is 0 Å². The molecule has 0 saturated carbocycles. The lowest BCUT2D eigenvalue weighted by Gasteiger charge is -2.19. The molecule has 0 atom stereocenters. The second kappa shape index (κ2) is 7.27. The molecule has 0 bridgehead atoms. The second-order valence-electron chi connectivity index (χ2n) is 5.92. The van der Waals surface area contributed by atoms with Crippen molar-refractivity contribution in [1.29, 1.82) is 0 Å². The summed E-state index contributed by atoms with van der Waals surface area (Å²) in [5.41, 5.74) is 10.8. The number of nitrogens with two attached hydrogens (primary N) is 1. The summed E-state index contributed by atoms with van der Waals surface area (Å²) in [6.07, 6.45) is 5.39. The van der Waals surface area contributed by atoms with Crippen molar-refractivity contribution in [3.63, 3.8) is 0 Å². The molecular weight excluding hydrogens is 289 g/mol. The molecule has 0 radical (unpaired) electrons. The van der Waals surface area contributed by atoms with Gasteiger partial charge in [-0.25, -0.2) is 4.39 Å². The second-order valence-corrected chi connectivity index (χ2v) is 5.92. The Morgan fingerprint density at radius 1 is 1.13 bits per heavy atom. The van der Waals surface area contributed by atoms with E-state index in [0.29, 0.717) is 18.9 Å². The van der Waals surface area contributed by atoms with E-state index in [1.54, 1.807) is 6.07 Å². The first kappa shape index (κ1) is 15.5. The molecule has 0 saturated heterocycles. The average molecular weight is 311 g/mol. The minimum absolute atomic E-state index is 0.214. The standard InChI is InChI=1S/C19H22FN3/c20-16-8-3-5-14(13-16)11-12-22-19(21)23-18-10-4-7-15-6-1-2-9-17(15)18/h3-5,7-8,10,13H,1-2,6,9,11-12H2,(H3,21,22,23). The van der Waals surface area contributed by atoms with Gasteiger partial charge in [-0.05, 0) is 67.0 Å². The molecule has 120 valence electrons. The molecule has 0 aliphatic heterocycles. The number of benzene rings is 2. The van der Waals surface area contributed by atoms with E-state index < -0.39 is 0 Å². The first-order chi connectivity index (χ1) is 11.2. The van der Waals surface area contributed by atoms with Crippen LogP contribution in [0, 0.1) is 5.82 Å². The summed E-state index contributed by atoms with van der Waals surface area (Å²) in [5.74, 6) is 0.203. The lowest BCUT2D eigenvalue weighted by atomic mass is 9.90. The zero-order valence-electron chi connectivity index (χ0n) is 13.2. The van der Waals surface area contributed by atoms with Crippen LogP contribution in [0.2, 0.25) is 0 Å². The average Bonchev–Trinajstić information content (AvgIpc) is 2.55. The molecule has 2 aromatic rings. The van der Waals surface area contributed by atoms with Crippen LogP contribution in [0.15, 0.2) is 47.5 Å². The number of nitrogens with zero attached hydrogens (tertiary/aromatic N) is 1. The van der Waals surface area contributed by atoms with E-state index in [1.807, 2.05) is 6.07 Å². The molecule has 0 fully saturated rings. The Balaban J connectivity index is 1.61. The summed E-state index contributed by atoms with van der Waals surface area (Å²) in [6.45, 7) is 0.539. The summed E-state index contributed by atoms with van der Waals surface area (Å²) in [4.78, 5) is 4.35. The number of aliphatic imine (C=N–C) groups is 1. The summed E-state index contributed by atoms with van der Waals surface area (Å²) in [7, 11) is 0. The highest BCUT2D eigenvalue weighted by Gasteiger charge is 2.12. The number of aryl methyl sites for hydroxylation is 1. The van der Waals surface area contributed by atoms with E-state index >= 15 is 0 Å². The molecular formula is C19H22FN3. The van der Waals surface area contributed by atoms with Crippen LogP contribution in [-0.2, 0) is 19.3 Å². The lowest BCUT2D eigenvalue weighted by Crippen LogP contribution is -2.24. The Hall–Kier alpha value is -2.36. The van der Waals surface area contributed by atoms with E-state index in [2.05, 4.69) is 28.5 Å². The molecule has 2 aromatic carbocycles. The van der Waals surface area contributed by atoms with Crippen LogP contribution in [0.5, 0.6) is 0 Å². The van der Waals surface area contributed by atoms with Crippen molar-refractivity contribution in [2.45, 2.75) is 32.1 Å². The molecule has 1 aliphatic carbocycles. The monoisotopic (exact) mass is 311 g/mol. The van der Waals surface area contributed by atoms with Crippen molar-refractivity contribution in [2.75, 3.05) is 11.9 Å². The van der Waals surface area contributed by atoms with Crippen LogP contribution in [0.25, 0.3) is 0 Å². The fourth-order valence-corrected chi connectivity index (χ4v) is 3.07. The van der Waals surface area contributed by atoms with Crippen LogP contribution >= 0.6 is 0 Å². The van der Waals surface area contributed by atoms with Crippen LogP contribution in [-0.4, -0.2) is 12.5 Å². The van der Waals surface area contributed by atoms with E-state index in [4.69, 9.17) is 5.73 Å². The highest BCUT2D eigenvalue weighted by atomic mass is 19.1. The van der Waals surface area contributed by atoms with Crippen molar-refractivity contribution >= 4 is 11.6 Å². The maximum atomic E-state index is 13.1. The molecule has 0 unspecified atom stereocenters. The van der Waals surface area contributed by atoms with Gasteiger partial charge in [0.05, 0.1) is 0 Å². The van der Waals surface area contributed by atoms with Gasteiger partial charge in [0.15, 0.2) is 5.96 Å². The largest absolute Gasteiger partial charge is 0.370 e. The van der Waals surface area contributed by atoms with Crippen LogP contribution in [0.3, 0.4) is 0 Å². The number of anilines is 1. The van der Waals surface area contributed by atoms with Gasteiger partial charge in [0.2, 0.25) is 0 Å². The van der Waals surface area contributed by atoms with Gasteiger partial charge >= 0.3 is 0 Å². The predicted molar refractivity (Wildman–Crippen MR) is 93.3 cm³/mol. The zero-order chi connectivity index (χ0) is 16.1. The fourth-order valence-electron chi connectivity index (χ4n) is 3.07. The topological polar surface area (TPSA) is 50.4 Å². The molecule has 1 aliphatic rings.